The highest BCUT2D eigenvalue weighted by Crippen LogP contribution is 2.15. The molecule has 0 atom stereocenters. The Morgan fingerprint density at radius 3 is 2.37 bits per heavy atom. The standard InChI is InChI=1S/C13H16F3NO2/c1-19-11-7-5-10(6-8-11)4-2-3-9-17-12(18)13(14,15)16/h5-8H,2-4,9H2,1H3,(H,17,18). The fourth-order valence-corrected chi connectivity index (χ4v) is 1.55. The van der Waals surface area contributed by atoms with Crippen molar-refractivity contribution >= 4 is 5.91 Å². The van der Waals surface area contributed by atoms with E-state index in [9.17, 15) is 18.0 Å². The number of halogens is 3. The van der Waals surface area contributed by atoms with Crippen molar-refractivity contribution in [1.29, 1.82) is 0 Å². The molecule has 19 heavy (non-hydrogen) atoms. The van der Waals surface area contributed by atoms with Gasteiger partial charge in [0, 0.05) is 6.54 Å². The zero-order chi connectivity index (χ0) is 14.3. The Hall–Kier alpha value is -1.72. The van der Waals surface area contributed by atoms with E-state index in [1.165, 1.54) is 0 Å². The molecule has 0 aromatic heterocycles. The molecule has 0 bridgehead atoms. The average molecular weight is 275 g/mol. The first-order valence-corrected chi connectivity index (χ1v) is 5.91. The SMILES string of the molecule is COc1ccc(CCCCNC(=O)C(F)(F)F)cc1. The molecule has 0 saturated heterocycles. The van der Waals surface area contributed by atoms with E-state index in [2.05, 4.69) is 0 Å². The van der Waals surface area contributed by atoms with Gasteiger partial charge >= 0.3 is 12.1 Å². The molecule has 0 unspecified atom stereocenters. The van der Waals surface area contributed by atoms with Crippen LogP contribution in [0.15, 0.2) is 24.3 Å². The summed E-state index contributed by atoms with van der Waals surface area (Å²) in [5.74, 6) is -1.11. The van der Waals surface area contributed by atoms with Crippen LogP contribution in [0, 0.1) is 0 Å². The molecule has 0 heterocycles. The van der Waals surface area contributed by atoms with E-state index >= 15 is 0 Å². The van der Waals surface area contributed by atoms with Crippen LogP contribution < -0.4 is 10.1 Å². The van der Waals surface area contributed by atoms with E-state index in [1.54, 1.807) is 7.11 Å². The molecule has 0 aliphatic carbocycles. The van der Waals surface area contributed by atoms with Crippen LogP contribution in [-0.4, -0.2) is 25.7 Å². The van der Waals surface area contributed by atoms with Crippen molar-refractivity contribution < 1.29 is 22.7 Å². The summed E-state index contributed by atoms with van der Waals surface area (Å²) < 4.78 is 40.6. The highest BCUT2D eigenvalue weighted by molar-refractivity contribution is 5.81. The highest BCUT2D eigenvalue weighted by atomic mass is 19.4. The number of unbranched alkanes of at least 4 members (excludes halogenated alkanes) is 1. The third kappa shape index (κ3) is 5.63. The number of rotatable bonds is 6. The van der Waals surface area contributed by atoms with Gasteiger partial charge in [0.05, 0.1) is 7.11 Å². The van der Waals surface area contributed by atoms with E-state index in [1.807, 2.05) is 29.6 Å². The Kier molecular flexibility index (Phi) is 5.66. The van der Waals surface area contributed by atoms with Gasteiger partial charge in [-0.15, -0.1) is 0 Å². The predicted octanol–water partition coefficient (Wildman–Crippen LogP) is 2.70. The van der Waals surface area contributed by atoms with Crippen LogP contribution in [0.1, 0.15) is 18.4 Å². The van der Waals surface area contributed by atoms with Crippen molar-refractivity contribution in [1.82, 2.24) is 5.32 Å². The minimum atomic E-state index is -4.80. The number of amides is 1. The van der Waals surface area contributed by atoms with E-state index in [-0.39, 0.29) is 6.54 Å². The van der Waals surface area contributed by atoms with Crippen molar-refractivity contribution in [2.75, 3.05) is 13.7 Å². The number of nitrogens with one attached hydrogen (secondary N) is 1. The van der Waals surface area contributed by atoms with E-state index < -0.39 is 12.1 Å². The average Bonchev–Trinajstić information content (AvgIpc) is 2.37. The van der Waals surface area contributed by atoms with Crippen molar-refractivity contribution in [3.05, 3.63) is 29.8 Å². The van der Waals surface area contributed by atoms with Gasteiger partial charge < -0.3 is 10.1 Å². The van der Waals surface area contributed by atoms with Gasteiger partial charge in [-0.3, -0.25) is 4.79 Å². The molecule has 0 saturated carbocycles. The largest absolute Gasteiger partial charge is 0.497 e. The molecule has 106 valence electrons. The molecule has 0 aliphatic rings. The minimum Gasteiger partial charge on any atom is -0.497 e. The molecular formula is C13H16F3NO2. The molecule has 0 spiro atoms. The number of hydrogen-bond acceptors (Lipinski definition) is 2. The second-order valence-electron chi connectivity index (χ2n) is 4.06. The lowest BCUT2D eigenvalue weighted by Crippen LogP contribution is -2.37. The summed E-state index contributed by atoms with van der Waals surface area (Å²) in [6, 6.07) is 7.49. The lowest BCUT2D eigenvalue weighted by molar-refractivity contribution is -0.173. The number of methoxy groups -OCH3 is 1. The second-order valence-corrected chi connectivity index (χ2v) is 4.06. The van der Waals surface area contributed by atoms with Gasteiger partial charge in [0.25, 0.3) is 0 Å². The van der Waals surface area contributed by atoms with E-state index in [0.29, 0.717) is 12.8 Å². The topological polar surface area (TPSA) is 38.3 Å². The summed E-state index contributed by atoms with van der Waals surface area (Å²) in [7, 11) is 1.58. The van der Waals surface area contributed by atoms with Crippen molar-refractivity contribution in [2.45, 2.75) is 25.4 Å². The normalized spacial score (nSPS) is 11.2. The number of aryl methyl sites for hydroxylation is 1. The number of benzene rings is 1. The van der Waals surface area contributed by atoms with Gasteiger partial charge in [0.2, 0.25) is 0 Å². The number of hydrogen-bond donors (Lipinski definition) is 1. The third-order valence-corrected chi connectivity index (χ3v) is 2.59. The zero-order valence-electron chi connectivity index (χ0n) is 10.6. The van der Waals surface area contributed by atoms with Crippen LogP contribution in [-0.2, 0) is 11.2 Å². The quantitative estimate of drug-likeness (QED) is 0.811. The fourth-order valence-electron chi connectivity index (χ4n) is 1.55. The number of carbonyl (C=O) groups is 1. The first kappa shape index (κ1) is 15.3. The van der Waals surface area contributed by atoms with Crippen molar-refractivity contribution in [3.63, 3.8) is 0 Å². The lowest BCUT2D eigenvalue weighted by atomic mass is 10.1. The first-order valence-electron chi connectivity index (χ1n) is 5.91. The molecule has 0 fully saturated rings. The van der Waals surface area contributed by atoms with Crippen LogP contribution in [0.2, 0.25) is 0 Å². The summed E-state index contributed by atoms with van der Waals surface area (Å²) in [5, 5.41) is 1.84. The van der Waals surface area contributed by atoms with E-state index in [4.69, 9.17) is 4.74 Å². The van der Waals surface area contributed by atoms with Gasteiger partial charge in [-0.1, -0.05) is 12.1 Å². The number of carbonyl (C=O) groups excluding carboxylic acids is 1. The minimum absolute atomic E-state index is 0.0362. The van der Waals surface area contributed by atoms with Gasteiger partial charge in [-0.05, 0) is 37.0 Å². The van der Waals surface area contributed by atoms with Crippen LogP contribution >= 0.6 is 0 Å². The highest BCUT2D eigenvalue weighted by Gasteiger charge is 2.38. The van der Waals surface area contributed by atoms with Crippen LogP contribution in [0.3, 0.4) is 0 Å². The van der Waals surface area contributed by atoms with Gasteiger partial charge in [-0.25, -0.2) is 0 Å². The monoisotopic (exact) mass is 275 g/mol. The van der Waals surface area contributed by atoms with Crippen LogP contribution in [0.5, 0.6) is 5.75 Å². The van der Waals surface area contributed by atoms with Crippen molar-refractivity contribution in [2.24, 2.45) is 0 Å². The predicted molar refractivity (Wildman–Crippen MR) is 65.0 cm³/mol. The summed E-state index contributed by atoms with van der Waals surface area (Å²) in [5.41, 5.74) is 1.09. The van der Waals surface area contributed by atoms with Crippen molar-refractivity contribution in [3.8, 4) is 5.75 Å². The molecule has 1 aromatic rings. The van der Waals surface area contributed by atoms with Gasteiger partial charge in [-0.2, -0.15) is 13.2 Å². The molecule has 1 aromatic carbocycles. The molecule has 1 rings (SSSR count). The summed E-state index contributed by atoms with van der Waals surface area (Å²) >= 11 is 0. The molecule has 1 amide bonds. The maximum Gasteiger partial charge on any atom is 0.471 e. The van der Waals surface area contributed by atoms with Gasteiger partial charge in [0.15, 0.2) is 0 Å². The van der Waals surface area contributed by atoms with Gasteiger partial charge in [0.1, 0.15) is 5.75 Å². The van der Waals surface area contributed by atoms with Crippen LogP contribution in [0.4, 0.5) is 13.2 Å². The first-order chi connectivity index (χ1) is 8.93. The number of ether oxygens (including phenoxy) is 1. The Morgan fingerprint density at radius 1 is 1.21 bits per heavy atom. The molecule has 3 nitrogen and oxygen atoms in total. The Morgan fingerprint density at radius 2 is 1.84 bits per heavy atom. The van der Waals surface area contributed by atoms with E-state index in [0.717, 1.165) is 17.7 Å². The summed E-state index contributed by atoms with van der Waals surface area (Å²) in [6.45, 7) is 0.0362. The molecule has 0 radical (unpaired) electrons. The summed E-state index contributed by atoms with van der Waals surface area (Å²) in [4.78, 5) is 10.5. The maximum atomic E-state index is 11.9. The second kappa shape index (κ2) is 7.01. The Balaban J connectivity index is 2.18. The molecule has 1 N–H and O–H groups in total. The number of alkyl halides is 3. The zero-order valence-corrected chi connectivity index (χ0v) is 10.6. The van der Waals surface area contributed by atoms with Crippen LogP contribution in [0.25, 0.3) is 0 Å². The fraction of sp³-hybridized carbons (Fsp3) is 0.462. The molecule has 0 aliphatic heterocycles. The molecular weight excluding hydrogens is 259 g/mol. The Bertz CT molecular complexity index is 401. The summed E-state index contributed by atoms with van der Waals surface area (Å²) in [6.07, 6.45) is -2.82. The Labute approximate surface area is 109 Å². The smallest absolute Gasteiger partial charge is 0.471 e. The maximum absolute atomic E-state index is 11.9. The lowest BCUT2D eigenvalue weighted by Gasteiger charge is -2.07. The third-order valence-electron chi connectivity index (χ3n) is 2.59. The molecule has 6 heteroatoms.